The van der Waals surface area contributed by atoms with E-state index >= 15 is 0 Å². The first-order valence-corrected chi connectivity index (χ1v) is 10.1. The van der Waals surface area contributed by atoms with E-state index in [-0.39, 0.29) is 17.4 Å². The van der Waals surface area contributed by atoms with Crippen molar-refractivity contribution in [1.29, 1.82) is 0 Å². The second-order valence-corrected chi connectivity index (χ2v) is 8.32. The first-order chi connectivity index (χ1) is 14.3. The van der Waals surface area contributed by atoms with Crippen LogP contribution in [0, 0.1) is 6.92 Å². The minimum absolute atomic E-state index is 0.0509. The molecule has 30 heavy (non-hydrogen) atoms. The number of amides is 1. The maximum absolute atomic E-state index is 12.4. The highest BCUT2D eigenvalue weighted by Gasteiger charge is 2.28. The summed E-state index contributed by atoms with van der Waals surface area (Å²) in [6.07, 6.45) is 4.53. The Morgan fingerprint density at radius 1 is 1.27 bits per heavy atom. The number of rotatable bonds is 6. The normalized spacial score (nSPS) is 16.1. The highest BCUT2D eigenvalue weighted by atomic mass is 16.1. The molecule has 4 rings (SSSR count). The number of aromatic nitrogens is 3. The molecule has 0 fully saturated rings. The number of hydrogen-bond donors (Lipinski definition) is 3. The fourth-order valence-corrected chi connectivity index (χ4v) is 3.80. The number of para-hydroxylation sites is 1. The van der Waals surface area contributed by atoms with E-state index in [0.29, 0.717) is 12.1 Å². The topological polar surface area (TPSA) is 82.7 Å². The van der Waals surface area contributed by atoms with Gasteiger partial charge in [-0.25, -0.2) is 9.97 Å². The number of aryl methyl sites for hydroxylation is 1. The summed E-state index contributed by atoms with van der Waals surface area (Å²) in [5, 5.41) is 6.38. The van der Waals surface area contributed by atoms with Crippen molar-refractivity contribution in [3.63, 3.8) is 0 Å². The number of carbonyl (C=O) groups excluding carboxylic acids is 1. The van der Waals surface area contributed by atoms with Crippen molar-refractivity contribution in [3.05, 3.63) is 66.5 Å². The van der Waals surface area contributed by atoms with Gasteiger partial charge in [0.05, 0.1) is 22.3 Å². The van der Waals surface area contributed by atoms with Crippen LogP contribution in [0.3, 0.4) is 0 Å². The minimum Gasteiger partial charge on any atom is -0.360 e. The van der Waals surface area contributed by atoms with Crippen LogP contribution in [-0.2, 0) is 0 Å². The molecule has 3 aromatic rings. The second-order valence-electron chi connectivity index (χ2n) is 8.32. The fourth-order valence-electron chi connectivity index (χ4n) is 3.80. The van der Waals surface area contributed by atoms with Crippen molar-refractivity contribution in [3.8, 4) is 11.3 Å². The van der Waals surface area contributed by atoms with E-state index in [4.69, 9.17) is 9.97 Å². The van der Waals surface area contributed by atoms with Crippen molar-refractivity contribution < 1.29 is 4.79 Å². The lowest BCUT2D eigenvalue weighted by molar-refractivity contribution is 0.0940. The predicted octanol–water partition coefficient (Wildman–Crippen LogP) is 4.71. The molecule has 6 nitrogen and oxygen atoms in total. The number of allylic oxidation sites excluding steroid dienone is 1. The fraction of sp³-hybridized carbons (Fsp3) is 0.292. The standard InChI is InChI=1S/C24H27N5O/c1-6-9-15-13-25-23(30)17-12-19(27-20(15)17)16-10-8-11-18-21(16)28-22(14(3)26-18)29-24(4,5)7-2/h6-8,10-12,15,27H,1-2,9,13H2,3-5H3,(H,25,30)(H,28,29). The summed E-state index contributed by atoms with van der Waals surface area (Å²) >= 11 is 0. The van der Waals surface area contributed by atoms with Gasteiger partial charge in [0.1, 0.15) is 11.3 Å². The van der Waals surface area contributed by atoms with Gasteiger partial charge in [-0.15, -0.1) is 13.2 Å². The lowest BCUT2D eigenvalue weighted by Crippen LogP contribution is -2.34. The zero-order chi connectivity index (χ0) is 21.5. The van der Waals surface area contributed by atoms with Crippen LogP contribution < -0.4 is 10.6 Å². The van der Waals surface area contributed by atoms with Crippen LogP contribution in [0.4, 0.5) is 5.82 Å². The van der Waals surface area contributed by atoms with E-state index in [1.165, 1.54) is 0 Å². The third-order valence-electron chi connectivity index (χ3n) is 5.57. The molecule has 2 aromatic heterocycles. The summed E-state index contributed by atoms with van der Waals surface area (Å²) in [5.74, 6) is 0.862. The summed E-state index contributed by atoms with van der Waals surface area (Å²) in [7, 11) is 0. The van der Waals surface area contributed by atoms with E-state index < -0.39 is 0 Å². The van der Waals surface area contributed by atoms with Gasteiger partial charge >= 0.3 is 0 Å². The highest BCUT2D eigenvalue weighted by Crippen LogP contribution is 2.34. The molecule has 1 unspecified atom stereocenters. The van der Waals surface area contributed by atoms with Crippen LogP contribution in [0.25, 0.3) is 22.3 Å². The largest absolute Gasteiger partial charge is 0.360 e. The molecule has 154 valence electrons. The second kappa shape index (κ2) is 7.44. The summed E-state index contributed by atoms with van der Waals surface area (Å²) < 4.78 is 0. The van der Waals surface area contributed by atoms with Gasteiger partial charge < -0.3 is 15.6 Å². The molecule has 0 spiro atoms. The highest BCUT2D eigenvalue weighted by molar-refractivity contribution is 6.00. The van der Waals surface area contributed by atoms with Crippen LogP contribution in [0.15, 0.2) is 49.6 Å². The molecule has 0 saturated carbocycles. The van der Waals surface area contributed by atoms with Crippen LogP contribution in [0.2, 0.25) is 0 Å². The number of hydrogen-bond acceptors (Lipinski definition) is 4. The molecule has 1 aliphatic heterocycles. The van der Waals surface area contributed by atoms with Gasteiger partial charge in [0.15, 0.2) is 0 Å². The molecule has 0 bridgehead atoms. The van der Waals surface area contributed by atoms with Crippen LogP contribution in [0.1, 0.15) is 47.9 Å². The molecule has 1 aromatic carbocycles. The van der Waals surface area contributed by atoms with Crippen LogP contribution >= 0.6 is 0 Å². The number of nitrogens with zero attached hydrogens (tertiary/aromatic N) is 2. The molecule has 1 aliphatic rings. The number of anilines is 1. The van der Waals surface area contributed by atoms with Gasteiger partial charge in [-0.3, -0.25) is 4.79 Å². The van der Waals surface area contributed by atoms with Gasteiger partial charge in [0.2, 0.25) is 0 Å². The number of H-pyrrole nitrogens is 1. The molecular weight excluding hydrogens is 374 g/mol. The molecule has 1 atom stereocenters. The molecule has 0 saturated heterocycles. The average molecular weight is 402 g/mol. The molecule has 3 heterocycles. The Kier molecular flexibility index (Phi) is 4.94. The van der Waals surface area contributed by atoms with Crippen molar-refractivity contribution in [2.45, 2.75) is 38.6 Å². The lowest BCUT2D eigenvalue weighted by Gasteiger charge is -2.23. The SMILES string of the molecule is C=CCC1CNC(=O)c2cc(-c3cccc4nc(C)c(NC(C)(C)C=C)nc34)[nH]c21. The number of benzene rings is 1. The molecule has 1 amide bonds. The van der Waals surface area contributed by atoms with Gasteiger partial charge in [0.25, 0.3) is 5.91 Å². The number of aromatic amines is 1. The summed E-state index contributed by atoms with van der Waals surface area (Å²) in [5.41, 5.74) is 5.52. The van der Waals surface area contributed by atoms with Crippen LogP contribution in [-0.4, -0.2) is 32.9 Å². The first kappa shape index (κ1) is 19.9. The Labute approximate surface area is 176 Å². The zero-order valence-electron chi connectivity index (χ0n) is 17.7. The number of nitrogens with one attached hydrogen (secondary N) is 3. The summed E-state index contributed by atoms with van der Waals surface area (Å²) in [4.78, 5) is 25.6. The smallest absolute Gasteiger partial charge is 0.253 e. The Bertz CT molecular complexity index is 1160. The van der Waals surface area contributed by atoms with E-state index in [9.17, 15) is 4.79 Å². The lowest BCUT2D eigenvalue weighted by atomic mass is 9.94. The number of carbonyl (C=O) groups is 1. The molecule has 0 radical (unpaired) electrons. The van der Waals surface area contributed by atoms with E-state index in [1.54, 1.807) is 0 Å². The molecule has 6 heteroatoms. The predicted molar refractivity (Wildman–Crippen MR) is 122 cm³/mol. The Morgan fingerprint density at radius 2 is 2.07 bits per heavy atom. The minimum atomic E-state index is -0.316. The van der Waals surface area contributed by atoms with E-state index in [0.717, 1.165) is 45.9 Å². The third kappa shape index (κ3) is 3.49. The maximum atomic E-state index is 12.4. The van der Waals surface area contributed by atoms with Crippen molar-refractivity contribution >= 4 is 22.8 Å². The van der Waals surface area contributed by atoms with Crippen molar-refractivity contribution in [1.82, 2.24) is 20.3 Å². The average Bonchev–Trinajstić information content (AvgIpc) is 3.16. The first-order valence-electron chi connectivity index (χ1n) is 10.1. The number of fused-ring (bicyclic) bond motifs is 2. The quantitative estimate of drug-likeness (QED) is 0.522. The molecule has 0 aliphatic carbocycles. The Morgan fingerprint density at radius 3 is 2.80 bits per heavy atom. The van der Waals surface area contributed by atoms with Gasteiger partial charge in [-0.1, -0.05) is 24.3 Å². The molecular formula is C24H27N5O. The van der Waals surface area contributed by atoms with Gasteiger partial charge in [-0.2, -0.15) is 0 Å². The van der Waals surface area contributed by atoms with Gasteiger partial charge in [0, 0.05) is 29.4 Å². The van der Waals surface area contributed by atoms with Crippen LogP contribution in [0.5, 0.6) is 0 Å². The van der Waals surface area contributed by atoms with Crippen molar-refractivity contribution in [2.24, 2.45) is 0 Å². The van der Waals surface area contributed by atoms with Gasteiger partial charge in [-0.05, 0) is 39.3 Å². The zero-order valence-corrected chi connectivity index (χ0v) is 17.7. The third-order valence-corrected chi connectivity index (χ3v) is 5.57. The summed E-state index contributed by atoms with van der Waals surface area (Å²) in [6.45, 7) is 14.4. The van der Waals surface area contributed by atoms with E-state index in [1.807, 2.05) is 57.2 Å². The van der Waals surface area contributed by atoms with E-state index in [2.05, 4.69) is 28.8 Å². The van der Waals surface area contributed by atoms with Crippen molar-refractivity contribution in [2.75, 3.05) is 11.9 Å². The molecule has 3 N–H and O–H groups in total. The monoisotopic (exact) mass is 401 g/mol. The summed E-state index contributed by atoms with van der Waals surface area (Å²) in [6, 6.07) is 7.84. The Balaban J connectivity index is 1.85. The maximum Gasteiger partial charge on any atom is 0.253 e. The Hall–Kier alpha value is -3.41.